The molecule has 0 fully saturated rings. The quantitative estimate of drug-likeness (QED) is 0.759. The molecule has 0 saturated heterocycles. The Balaban J connectivity index is 2.84. The summed E-state index contributed by atoms with van der Waals surface area (Å²) in [6, 6.07) is 3.21. The van der Waals surface area contributed by atoms with Crippen molar-refractivity contribution in [3.05, 3.63) is 29.3 Å². The van der Waals surface area contributed by atoms with Crippen molar-refractivity contribution in [1.29, 1.82) is 0 Å². The van der Waals surface area contributed by atoms with Crippen LogP contribution in [0.15, 0.2) is 23.7 Å². The number of rotatable bonds is 3. The van der Waals surface area contributed by atoms with Crippen LogP contribution in [-0.2, 0) is 10.1 Å². The van der Waals surface area contributed by atoms with Crippen LogP contribution < -0.4 is 4.74 Å². The predicted molar refractivity (Wildman–Crippen MR) is 51.4 cm³/mol. The summed E-state index contributed by atoms with van der Waals surface area (Å²) in [5.74, 6) is 0.439. The van der Waals surface area contributed by atoms with E-state index in [2.05, 4.69) is 4.98 Å². The lowest BCUT2D eigenvalue weighted by molar-refractivity contribution is 0.398. The summed E-state index contributed by atoms with van der Waals surface area (Å²) < 4.78 is 33.9. The topological polar surface area (TPSA) is 76.5 Å². The number of hydrogen-bond donors (Lipinski definition) is 1. The number of ether oxygens (including phenoxy) is 1. The second kappa shape index (κ2) is 4.21. The molecule has 0 unspecified atom stereocenters. The van der Waals surface area contributed by atoms with Gasteiger partial charge in [0, 0.05) is 12.3 Å². The van der Waals surface area contributed by atoms with E-state index < -0.39 is 10.1 Å². The van der Waals surface area contributed by atoms with Gasteiger partial charge in [-0.05, 0) is 17.7 Å². The molecule has 1 N–H and O–H groups in total. The molecule has 1 heterocycles. The zero-order valence-corrected chi connectivity index (χ0v) is 8.23. The fourth-order valence-electron chi connectivity index (χ4n) is 0.776. The van der Waals surface area contributed by atoms with Crippen molar-refractivity contribution >= 4 is 16.2 Å². The summed E-state index contributed by atoms with van der Waals surface area (Å²) in [5.41, 5.74) is 0.559. The van der Waals surface area contributed by atoms with Gasteiger partial charge in [-0.3, -0.25) is 4.55 Å². The third-order valence-corrected chi connectivity index (χ3v) is 1.88. The normalized spacial score (nSPS) is 11.9. The van der Waals surface area contributed by atoms with Gasteiger partial charge in [0.25, 0.3) is 10.1 Å². The molecule has 0 saturated carbocycles. The van der Waals surface area contributed by atoms with E-state index in [-0.39, 0.29) is 0 Å². The van der Waals surface area contributed by atoms with Gasteiger partial charge in [-0.25, -0.2) is 4.98 Å². The van der Waals surface area contributed by atoms with Crippen LogP contribution in [0.4, 0.5) is 0 Å². The molecule has 0 aliphatic rings. The second-order valence-electron chi connectivity index (χ2n) is 2.45. The van der Waals surface area contributed by atoms with Gasteiger partial charge in [-0.1, -0.05) is 0 Å². The number of nitrogens with zero attached hydrogens (tertiary/aromatic N) is 1. The first-order valence-electron chi connectivity index (χ1n) is 3.67. The Morgan fingerprint density at radius 1 is 1.50 bits per heavy atom. The zero-order chi connectivity index (χ0) is 10.6. The van der Waals surface area contributed by atoms with Gasteiger partial charge in [0.2, 0.25) is 5.88 Å². The third-order valence-electron chi connectivity index (χ3n) is 1.40. The molecule has 1 aromatic rings. The lowest BCUT2D eigenvalue weighted by Gasteiger charge is -1.97. The minimum atomic E-state index is -4.08. The Kier molecular flexibility index (Phi) is 3.21. The molecule has 6 heteroatoms. The molecule has 0 atom stereocenters. The lowest BCUT2D eigenvalue weighted by atomic mass is 10.3. The van der Waals surface area contributed by atoms with Gasteiger partial charge in [0.1, 0.15) is 0 Å². The van der Waals surface area contributed by atoms with E-state index in [0.29, 0.717) is 16.9 Å². The Morgan fingerprint density at radius 2 is 2.21 bits per heavy atom. The van der Waals surface area contributed by atoms with Gasteiger partial charge in [-0.15, -0.1) is 0 Å². The van der Waals surface area contributed by atoms with Crippen molar-refractivity contribution in [2.75, 3.05) is 7.11 Å². The minimum absolute atomic E-state index is 0.439. The summed E-state index contributed by atoms with van der Waals surface area (Å²) >= 11 is 0. The summed E-state index contributed by atoms with van der Waals surface area (Å²) in [7, 11) is -2.60. The highest BCUT2D eigenvalue weighted by Gasteiger charge is 1.96. The van der Waals surface area contributed by atoms with E-state index in [4.69, 9.17) is 9.29 Å². The molecule has 76 valence electrons. The maximum Gasteiger partial charge on any atom is 0.287 e. The highest BCUT2D eigenvalue weighted by atomic mass is 32.2. The highest BCUT2D eigenvalue weighted by Crippen LogP contribution is 2.08. The Morgan fingerprint density at radius 3 is 2.64 bits per heavy atom. The van der Waals surface area contributed by atoms with Crippen LogP contribution >= 0.6 is 0 Å². The Labute approximate surface area is 81.8 Å². The van der Waals surface area contributed by atoms with E-state index in [9.17, 15) is 8.42 Å². The first kappa shape index (κ1) is 10.7. The maximum atomic E-state index is 10.4. The summed E-state index contributed by atoms with van der Waals surface area (Å²) in [5, 5.41) is 0.691. The average Bonchev–Trinajstić information content (AvgIpc) is 2.14. The molecular formula is C8H9NO4S. The van der Waals surface area contributed by atoms with E-state index in [1.54, 1.807) is 12.1 Å². The van der Waals surface area contributed by atoms with Crippen LogP contribution in [0.25, 0.3) is 6.08 Å². The van der Waals surface area contributed by atoms with Crippen LogP contribution in [0.2, 0.25) is 0 Å². The summed E-state index contributed by atoms with van der Waals surface area (Å²) in [6.45, 7) is 0. The zero-order valence-electron chi connectivity index (χ0n) is 7.41. The van der Waals surface area contributed by atoms with Gasteiger partial charge in [0.05, 0.1) is 12.5 Å². The molecule has 5 nitrogen and oxygen atoms in total. The highest BCUT2D eigenvalue weighted by molar-refractivity contribution is 7.88. The largest absolute Gasteiger partial charge is 0.481 e. The van der Waals surface area contributed by atoms with Crippen LogP contribution in [0.3, 0.4) is 0 Å². The molecule has 0 aromatic carbocycles. The smallest absolute Gasteiger partial charge is 0.287 e. The molecule has 0 aliphatic heterocycles. The monoisotopic (exact) mass is 215 g/mol. The maximum absolute atomic E-state index is 10.4. The standard InChI is InChI=1S/C8H9NO4S/c1-13-8-3-2-7(6-9-8)4-5-14(10,11)12/h2-6H,1H3,(H,10,11,12). The molecular weight excluding hydrogens is 206 g/mol. The molecule has 14 heavy (non-hydrogen) atoms. The predicted octanol–water partition coefficient (Wildman–Crippen LogP) is 0.949. The molecule has 0 amide bonds. The third kappa shape index (κ3) is 3.55. The fraction of sp³-hybridized carbons (Fsp3) is 0.125. The van der Waals surface area contributed by atoms with Crippen molar-refractivity contribution in [3.8, 4) is 5.88 Å². The first-order chi connectivity index (χ1) is 6.51. The van der Waals surface area contributed by atoms with E-state index in [0.717, 1.165) is 0 Å². The van der Waals surface area contributed by atoms with Gasteiger partial charge in [0.15, 0.2) is 0 Å². The number of methoxy groups -OCH3 is 1. The van der Waals surface area contributed by atoms with Crippen LogP contribution in [0, 0.1) is 0 Å². The van der Waals surface area contributed by atoms with Crippen LogP contribution in [0.5, 0.6) is 5.88 Å². The van der Waals surface area contributed by atoms with Crippen molar-refractivity contribution < 1.29 is 17.7 Å². The number of hydrogen-bond acceptors (Lipinski definition) is 4. The van der Waals surface area contributed by atoms with Crippen molar-refractivity contribution in [2.45, 2.75) is 0 Å². The van der Waals surface area contributed by atoms with Gasteiger partial charge >= 0.3 is 0 Å². The number of pyridine rings is 1. The fourth-order valence-corrected chi connectivity index (χ4v) is 1.10. The molecule has 1 rings (SSSR count). The lowest BCUT2D eigenvalue weighted by Crippen LogP contribution is -1.90. The van der Waals surface area contributed by atoms with E-state index in [1.165, 1.54) is 19.4 Å². The Hall–Kier alpha value is -1.40. The molecule has 1 aromatic heterocycles. The van der Waals surface area contributed by atoms with Crippen LogP contribution in [-0.4, -0.2) is 25.1 Å². The SMILES string of the molecule is COc1ccc(C=CS(=O)(=O)O)cn1. The minimum Gasteiger partial charge on any atom is -0.481 e. The first-order valence-corrected chi connectivity index (χ1v) is 5.17. The Bertz CT molecular complexity index is 421. The molecule has 0 aliphatic carbocycles. The average molecular weight is 215 g/mol. The summed E-state index contributed by atoms with van der Waals surface area (Å²) in [4.78, 5) is 3.85. The molecule has 0 bridgehead atoms. The summed E-state index contributed by atoms with van der Waals surface area (Å²) in [6.07, 6.45) is 2.67. The van der Waals surface area contributed by atoms with Gasteiger partial charge in [-0.2, -0.15) is 8.42 Å². The number of aromatic nitrogens is 1. The van der Waals surface area contributed by atoms with E-state index in [1.807, 2.05) is 0 Å². The van der Waals surface area contributed by atoms with Gasteiger partial charge < -0.3 is 4.74 Å². The molecule has 0 spiro atoms. The van der Waals surface area contributed by atoms with Crippen LogP contribution in [0.1, 0.15) is 5.56 Å². The molecule has 0 radical (unpaired) electrons. The van der Waals surface area contributed by atoms with E-state index >= 15 is 0 Å². The van der Waals surface area contributed by atoms with Crippen molar-refractivity contribution in [2.24, 2.45) is 0 Å². The van der Waals surface area contributed by atoms with Crippen molar-refractivity contribution in [3.63, 3.8) is 0 Å². The second-order valence-corrected chi connectivity index (χ2v) is 3.75. The van der Waals surface area contributed by atoms with Crippen molar-refractivity contribution in [1.82, 2.24) is 4.98 Å².